The van der Waals surface area contributed by atoms with Crippen LogP contribution in [-0.2, 0) is 19.1 Å². The van der Waals surface area contributed by atoms with Gasteiger partial charge in [0.05, 0.1) is 0 Å². The standard InChI is InChI=1S/C37H50FN3O6/c1-26(42)20-30(32-21-31(23-39-24-32)28-8-10-33(11-9-28)46-19-15-38)22-34(43)29-6-5-16-41(25-29)35(44)12-7-27-13-17-40(18-14-27)36(45)47-37(2,3)4/h8-11,21,23-24,27,29-30H,5-7,12-20,22,25H2,1-4H3/t29-,30-/m1/s1/i38-1. The minimum absolute atomic E-state index is 0.0000518. The highest BCUT2D eigenvalue weighted by atomic mass is 18.2. The van der Waals surface area contributed by atoms with E-state index < -0.39 is 12.3 Å². The zero-order valence-electron chi connectivity index (χ0n) is 28.3. The highest BCUT2D eigenvalue weighted by Crippen LogP contribution is 2.32. The van der Waals surface area contributed by atoms with Gasteiger partial charge in [-0.2, -0.15) is 0 Å². The van der Waals surface area contributed by atoms with E-state index in [-0.39, 0.29) is 54.9 Å². The number of pyridine rings is 1. The predicted molar refractivity (Wildman–Crippen MR) is 178 cm³/mol. The lowest BCUT2D eigenvalue weighted by molar-refractivity contribution is -0.135. The molecule has 0 unspecified atom stereocenters. The van der Waals surface area contributed by atoms with E-state index >= 15 is 0 Å². The fourth-order valence-corrected chi connectivity index (χ4v) is 6.49. The second kappa shape index (κ2) is 16.8. The van der Waals surface area contributed by atoms with E-state index in [1.165, 1.54) is 6.92 Å². The van der Waals surface area contributed by atoms with Gasteiger partial charge in [0.15, 0.2) is 0 Å². The van der Waals surface area contributed by atoms with Crippen molar-refractivity contribution in [3.63, 3.8) is 0 Å². The van der Waals surface area contributed by atoms with Gasteiger partial charge in [0.2, 0.25) is 5.91 Å². The number of hydrogen-bond acceptors (Lipinski definition) is 7. The highest BCUT2D eigenvalue weighted by Gasteiger charge is 2.32. The van der Waals surface area contributed by atoms with Gasteiger partial charge in [-0.1, -0.05) is 12.1 Å². The zero-order chi connectivity index (χ0) is 34.0. The summed E-state index contributed by atoms with van der Waals surface area (Å²) in [5.74, 6) is 0.545. The Balaban J connectivity index is 1.30. The molecule has 0 saturated carbocycles. The van der Waals surface area contributed by atoms with E-state index in [0.717, 1.165) is 48.8 Å². The summed E-state index contributed by atoms with van der Waals surface area (Å²) in [5.41, 5.74) is 2.05. The number of ether oxygens (including phenoxy) is 2. The second-order valence-corrected chi connectivity index (χ2v) is 14.0. The summed E-state index contributed by atoms with van der Waals surface area (Å²) in [5, 5.41) is 0. The Morgan fingerprint density at radius 2 is 1.68 bits per heavy atom. The van der Waals surface area contributed by atoms with Gasteiger partial charge in [0, 0.05) is 69.3 Å². The number of halogens is 1. The van der Waals surface area contributed by atoms with Crippen LogP contribution in [0.25, 0.3) is 11.1 Å². The Bertz CT molecular complexity index is 1370. The number of nitrogens with zero attached hydrogens (tertiary/aromatic N) is 3. The van der Waals surface area contributed by atoms with Gasteiger partial charge < -0.3 is 24.1 Å². The zero-order valence-corrected chi connectivity index (χ0v) is 28.3. The van der Waals surface area contributed by atoms with Crippen molar-refractivity contribution in [3.8, 4) is 16.9 Å². The minimum Gasteiger partial charge on any atom is -0.491 e. The van der Waals surface area contributed by atoms with Crippen molar-refractivity contribution in [2.24, 2.45) is 11.8 Å². The third kappa shape index (κ3) is 11.1. The van der Waals surface area contributed by atoms with Crippen molar-refractivity contribution < 1.29 is 33.0 Å². The monoisotopic (exact) mass is 650 g/mol. The lowest BCUT2D eigenvalue weighted by Gasteiger charge is -2.35. The third-order valence-corrected chi connectivity index (χ3v) is 9.01. The first kappa shape index (κ1) is 36.0. The van der Waals surface area contributed by atoms with Crippen molar-refractivity contribution in [3.05, 3.63) is 48.3 Å². The van der Waals surface area contributed by atoms with Crippen LogP contribution < -0.4 is 4.74 Å². The van der Waals surface area contributed by atoms with Crippen LogP contribution >= 0.6 is 0 Å². The largest absolute Gasteiger partial charge is 0.491 e. The van der Waals surface area contributed by atoms with Crippen LogP contribution in [0.5, 0.6) is 5.75 Å². The molecule has 256 valence electrons. The molecule has 1 aromatic carbocycles. The Labute approximate surface area is 278 Å². The molecule has 9 nitrogen and oxygen atoms in total. The van der Waals surface area contributed by atoms with E-state index in [1.54, 1.807) is 29.4 Å². The molecule has 0 bridgehead atoms. The molecule has 47 heavy (non-hydrogen) atoms. The van der Waals surface area contributed by atoms with Crippen molar-refractivity contribution in [2.75, 3.05) is 39.5 Å². The molecule has 2 aliphatic rings. The quantitative estimate of drug-likeness (QED) is 0.235. The van der Waals surface area contributed by atoms with Crippen molar-refractivity contribution in [1.29, 1.82) is 0 Å². The number of ketones is 2. The highest BCUT2D eigenvalue weighted by molar-refractivity contribution is 5.85. The van der Waals surface area contributed by atoms with Gasteiger partial charge in [-0.3, -0.25) is 14.6 Å². The third-order valence-electron chi connectivity index (χ3n) is 9.01. The summed E-state index contributed by atoms with van der Waals surface area (Å²) >= 11 is 0. The van der Waals surface area contributed by atoms with Gasteiger partial charge in [-0.05, 0) is 101 Å². The first-order valence-corrected chi connectivity index (χ1v) is 16.9. The molecule has 2 amide bonds. The van der Waals surface area contributed by atoms with Crippen LogP contribution in [0.4, 0.5) is 9.18 Å². The van der Waals surface area contributed by atoms with Crippen LogP contribution in [0.15, 0.2) is 42.7 Å². The van der Waals surface area contributed by atoms with Crippen LogP contribution in [0.3, 0.4) is 0 Å². The number of carbonyl (C=O) groups is 4. The van der Waals surface area contributed by atoms with Crippen molar-refractivity contribution in [1.82, 2.24) is 14.8 Å². The summed E-state index contributed by atoms with van der Waals surface area (Å²) in [4.78, 5) is 59.5. The average Bonchev–Trinajstić information content (AvgIpc) is 3.05. The molecular weight excluding hydrogens is 600 g/mol. The molecule has 2 aliphatic heterocycles. The molecule has 0 aliphatic carbocycles. The SMILES string of the molecule is CC(=O)C[C@H](CC(=O)[C@@H]1CCCN(C(=O)CCC2CCN(C(=O)OC(C)(C)C)CC2)C1)c1cncc(-c2ccc(OCC[18F])cc2)c1. The number of aromatic nitrogens is 1. The van der Waals surface area contributed by atoms with Gasteiger partial charge in [-0.15, -0.1) is 0 Å². The molecular formula is C37H50FN3O6. The summed E-state index contributed by atoms with van der Waals surface area (Å²) < 4.78 is 23.3. The number of carbonyl (C=O) groups excluding carboxylic acids is 4. The molecule has 2 atom stereocenters. The number of piperidine rings is 2. The lowest BCUT2D eigenvalue weighted by atomic mass is 9.83. The number of alkyl halides is 1. The molecule has 0 spiro atoms. The molecule has 1 aromatic heterocycles. The molecule has 10 heteroatoms. The predicted octanol–water partition coefficient (Wildman–Crippen LogP) is 6.78. The maximum absolute atomic E-state index is 13.6. The van der Waals surface area contributed by atoms with Crippen LogP contribution in [-0.4, -0.2) is 83.4 Å². The minimum atomic E-state index is -0.557. The van der Waals surface area contributed by atoms with E-state index in [0.29, 0.717) is 44.3 Å². The lowest BCUT2D eigenvalue weighted by Crippen LogP contribution is -2.43. The fourth-order valence-electron chi connectivity index (χ4n) is 6.49. The van der Waals surface area contributed by atoms with E-state index in [1.807, 2.05) is 43.9 Å². The normalized spacial score (nSPS) is 18.0. The maximum Gasteiger partial charge on any atom is 0.410 e. The second-order valence-electron chi connectivity index (χ2n) is 14.0. The first-order chi connectivity index (χ1) is 22.4. The molecule has 0 N–H and O–H groups in total. The number of hydrogen-bond donors (Lipinski definition) is 0. The Morgan fingerprint density at radius 3 is 2.34 bits per heavy atom. The Kier molecular flexibility index (Phi) is 12.9. The number of rotatable bonds is 13. The van der Waals surface area contributed by atoms with Crippen molar-refractivity contribution in [2.45, 2.75) is 90.6 Å². The molecule has 2 aromatic rings. The smallest absolute Gasteiger partial charge is 0.410 e. The summed E-state index contributed by atoms with van der Waals surface area (Å²) in [6.07, 6.45) is 8.03. The molecule has 0 radical (unpaired) electrons. The van der Waals surface area contributed by atoms with Gasteiger partial charge in [0.1, 0.15) is 36.2 Å². The van der Waals surface area contributed by atoms with E-state index in [4.69, 9.17) is 9.47 Å². The van der Waals surface area contributed by atoms with Gasteiger partial charge in [0.25, 0.3) is 0 Å². The average molecular weight is 651 g/mol. The Hall–Kier alpha value is -3.82. The van der Waals surface area contributed by atoms with E-state index in [9.17, 15) is 23.6 Å². The van der Waals surface area contributed by atoms with E-state index in [2.05, 4.69) is 4.98 Å². The van der Waals surface area contributed by atoms with Crippen LogP contribution in [0.1, 0.15) is 90.5 Å². The number of benzene rings is 1. The van der Waals surface area contributed by atoms with Crippen LogP contribution in [0.2, 0.25) is 0 Å². The fraction of sp³-hybridized carbons (Fsp3) is 0.595. The summed E-state index contributed by atoms with van der Waals surface area (Å²) in [7, 11) is 0. The Morgan fingerprint density at radius 1 is 0.957 bits per heavy atom. The van der Waals surface area contributed by atoms with Crippen molar-refractivity contribution >= 4 is 23.6 Å². The van der Waals surface area contributed by atoms with Gasteiger partial charge >= 0.3 is 6.09 Å². The first-order valence-electron chi connectivity index (χ1n) is 16.9. The van der Waals surface area contributed by atoms with Gasteiger partial charge in [-0.25, -0.2) is 9.18 Å². The summed E-state index contributed by atoms with van der Waals surface area (Å²) in [6.45, 7) is 8.90. The number of likely N-dealkylation sites (tertiary alicyclic amines) is 2. The molecule has 4 rings (SSSR count). The van der Waals surface area contributed by atoms with Crippen LogP contribution in [0, 0.1) is 11.8 Å². The molecule has 3 heterocycles. The molecule has 2 fully saturated rings. The number of Topliss-reactive ketones (excluding diaryl/α,β-unsaturated/α-hetero) is 2. The summed E-state index contributed by atoms with van der Waals surface area (Å²) in [6, 6.07) is 9.28. The number of amides is 2. The topological polar surface area (TPSA) is 106 Å². The maximum atomic E-state index is 13.6. The molecule has 2 saturated heterocycles.